The summed E-state index contributed by atoms with van der Waals surface area (Å²) in [5.74, 6) is -0.900. The standard InChI is InChI=1S/C15H22N2O3S/c1-3-16(10-12-7-5-9-21-12)15(20)17-8-4-6-11(2)13(17)14(18)19/h5,7,9,11,13H,3-4,6,8,10H2,1-2H3,(H,18,19). The lowest BCUT2D eigenvalue weighted by Crippen LogP contribution is -2.55. The van der Waals surface area contributed by atoms with Gasteiger partial charge < -0.3 is 14.9 Å². The number of carboxylic acid groups (broad SMARTS) is 1. The number of urea groups is 1. The number of nitrogens with zero attached hydrogens (tertiary/aromatic N) is 2. The summed E-state index contributed by atoms with van der Waals surface area (Å²) in [5.41, 5.74) is 0. The monoisotopic (exact) mass is 310 g/mol. The third-order valence-electron chi connectivity index (χ3n) is 4.01. The van der Waals surface area contributed by atoms with Gasteiger partial charge in [0, 0.05) is 18.0 Å². The molecule has 1 aromatic rings. The van der Waals surface area contributed by atoms with Crippen molar-refractivity contribution in [2.24, 2.45) is 5.92 Å². The first-order valence-corrected chi connectivity index (χ1v) is 8.23. The largest absolute Gasteiger partial charge is 0.480 e. The van der Waals surface area contributed by atoms with Gasteiger partial charge in [-0.1, -0.05) is 13.0 Å². The number of rotatable bonds is 4. The van der Waals surface area contributed by atoms with Gasteiger partial charge in [0.1, 0.15) is 6.04 Å². The molecule has 0 aliphatic carbocycles. The maximum Gasteiger partial charge on any atom is 0.326 e. The van der Waals surface area contributed by atoms with E-state index in [-0.39, 0.29) is 11.9 Å². The van der Waals surface area contributed by atoms with Crippen molar-refractivity contribution >= 4 is 23.3 Å². The Bertz CT molecular complexity index is 489. The molecule has 1 fully saturated rings. The Morgan fingerprint density at radius 1 is 1.52 bits per heavy atom. The van der Waals surface area contributed by atoms with Crippen LogP contribution in [0.3, 0.4) is 0 Å². The van der Waals surface area contributed by atoms with Crippen LogP contribution in [-0.2, 0) is 11.3 Å². The second-order valence-electron chi connectivity index (χ2n) is 5.47. The van der Waals surface area contributed by atoms with Gasteiger partial charge in [0.25, 0.3) is 0 Å². The zero-order chi connectivity index (χ0) is 15.4. The topological polar surface area (TPSA) is 60.9 Å². The molecule has 0 saturated carbocycles. The molecule has 2 unspecified atom stereocenters. The summed E-state index contributed by atoms with van der Waals surface area (Å²) in [6, 6.07) is 3.09. The molecule has 0 radical (unpaired) electrons. The van der Waals surface area contributed by atoms with Crippen LogP contribution in [0.4, 0.5) is 4.79 Å². The van der Waals surface area contributed by atoms with Crippen molar-refractivity contribution in [1.29, 1.82) is 0 Å². The van der Waals surface area contributed by atoms with Gasteiger partial charge >= 0.3 is 12.0 Å². The van der Waals surface area contributed by atoms with Crippen LogP contribution in [0.15, 0.2) is 17.5 Å². The molecule has 2 rings (SSSR count). The zero-order valence-electron chi connectivity index (χ0n) is 12.5. The maximum absolute atomic E-state index is 12.7. The average Bonchev–Trinajstić information content (AvgIpc) is 2.96. The fourth-order valence-electron chi connectivity index (χ4n) is 2.87. The minimum atomic E-state index is -0.900. The minimum Gasteiger partial charge on any atom is -0.480 e. The van der Waals surface area contributed by atoms with Gasteiger partial charge in [-0.2, -0.15) is 0 Å². The van der Waals surface area contributed by atoms with Crippen molar-refractivity contribution in [2.45, 2.75) is 39.3 Å². The number of thiophene rings is 1. The smallest absolute Gasteiger partial charge is 0.326 e. The average molecular weight is 310 g/mol. The van der Waals surface area contributed by atoms with Crippen LogP contribution in [0, 0.1) is 5.92 Å². The van der Waals surface area contributed by atoms with E-state index in [1.165, 1.54) is 4.90 Å². The molecule has 2 heterocycles. The second-order valence-corrected chi connectivity index (χ2v) is 6.50. The number of carboxylic acids is 1. The van der Waals surface area contributed by atoms with Crippen LogP contribution < -0.4 is 0 Å². The van der Waals surface area contributed by atoms with Crippen LogP contribution in [0.1, 0.15) is 31.6 Å². The molecule has 1 aliphatic heterocycles. The van der Waals surface area contributed by atoms with Gasteiger partial charge in [-0.05, 0) is 37.1 Å². The van der Waals surface area contributed by atoms with Gasteiger partial charge in [0.2, 0.25) is 0 Å². The number of aliphatic carboxylic acids is 1. The first kappa shape index (κ1) is 15.8. The summed E-state index contributed by atoms with van der Waals surface area (Å²) in [6.45, 7) is 5.49. The van der Waals surface area contributed by atoms with Gasteiger partial charge in [0.15, 0.2) is 0 Å². The lowest BCUT2D eigenvalue weighted by Gasteiger charge is -2.39. The normalized spacial score (nSPS) is 22.1. The highest BCUT2D eigenvalue weighted by atomic mass is 32.1. The number of carbonyl (C=O) groups is 2. The van der Waals surface area contributed by atoms with Gasteiger partial charge in [-0.3, -0.25) is 0 Å². The summed E-state index contributed by atoms with van der Waals surface area (Å²) in [4.78, 5) is 28.6. The van der Waals surface area contributed by atoms with E-state index in [1.807, 2.05) is 31.4 Å². The van der Waals surface area contributed by atoms with E-state index in [4.69, 9.17) is 0 Å². The predicted octanol–water partition coefficient (Wildman–Crippen LogP) is 2.88. The number of amides is 2. The summed E-state index contributed by atoms with van der Waals surface area (Å²) < 4.78 is 0. The number of likely N-dealkylation sites (tertiary alicyclic amines) is 1. The van der Waals surface area contributed by atoms with E-state index in [2.05, 4.69) is 0 Å². The molecule has 6 heteroatoms. The predicted molar refractivity (Wildman–Crippen MR) is 82.3 cm³/mol. The Morgan fingerprint density at radius 3 is 2.86 bits per heavy atom. The number of piperidine rings is 1. The fourth-order valence-corrected chi connectivity index (χ4v) is 3.59. The molecule has 1 aromatic heterocycles. The lowest BCUT2D eigenvalue weighted by molar-refractivity contribution is -0.145. The Labute approximate surface area is 129 Å². The number of hydrogen-bond acceptors (Lipinski definition) is 3. The molecule has 21 heavy (non-hydrogen) atoms. The number of carbonyl (C=O) groups excluding carboxylic acids is 1. The highest BCUT2D eigenvalue weighted by molar-refractivity contribution is 7.09. The van der Waals surface area contributed by atoms with Crippen molar-refractivity contribution < 1.29 is 14.7 Å². The summed E-state index contributed by atoms with van der Waals surface area (Å²) in [5, 5.41) is 11.4. The Hall–Kier alpha value is -1.56. The third-order valence-corrected chi connectivity index (χ3v) is 4.87. The van der Waals surface area contributed by atoms with E-state index in [1.54, 1.807) is 16.2 Å². The molecule has 0 spiro atoms. The Balaban J connectivity index is 2.13. The van der Waals surface area contributed by atoms with E-state index in [9.17, 15) is 14.7 Å². The van der Waals surface area contributed by atoms with Crippen LogP contribution in [0.25, 0.3) is 0 Å². The van der Waals surface area contributed by atoms with Crippen LogP contribution in [-0.4, -0.2) is 46.0 Å². The molecule has 1 aliphatic rings. The van der Waals surface area contributed by atoms with E-state index in [0.29, 0.717) is 19.6 Å². The van der Waals surface area contributed by atoms with Crippen molar-refractivity contribution in [1.82, 2.24) is 9.80 Å². The van der Waals surface area contributed by atoms with Gasteiger partial charge in [0.05, 0.1) is 6.54 Å². The van der Waals surface area contributed by atoms with Crippen molar-refractivity contribution in [2.75, 3.05) is 13.1 Å². The summed E-state index contributed by atoms with van der Waals surface area (Å²) in [7, 11) is 0. The zero-order valence-corrected chi connectivity index (χ0v) is 13.3. The van der Waals surface area contributed by atoms with Crippen LogP contribution in [0.5, 0.6) is 0 Å². The number of hydrogen-bond donors (Lipinski definition) is 1. The molecule has 1 N–H and O–H groups in total. The third kappa shape index (κ3) is 3.56. The molecule has 0 bridgehead atoms. The van der Waals surface area contributed by atoms with Crippen molar-refractivity contribution in [3.63, 3.8) is 0 Å². The first-order chi connectivity index (χ1) is 10.0. The van der Waals surface area contributed by atoms with Gasteiger partial charge in [-0.25, -0.2) is 9.59 Å². The molecular formula is C15H22N2O3S. The maximum atomic E-state index is 12.7. The molecule has 0 aromatic carbocycles. The molecule has 5 nitrogen and oxygen atoms in total. The molecule has 2 atom stereocenters. The quantitative estimate of drug-likeness (QED) is 0.930. The highest BCUT2D eigenvalue weighted by Crippen LogP contribution is 2.25. The second kappa shape index (κ2) is 6.93. The molecular weight excluding hydrogens is 288 g/mol. The van der Waals surface area contributed by atoms with E-state index < -0.39 is 12.0 Å². The lowest BCUT2D eigenvalue weighted by atomic mass is 9.91. The Kier molecular flexibility index (Phi) is 5.22. The molecule has 1 saturated heterocycles. The van der Waals surface area contributed by atoms with E-state index in [0.717, 1.165) is 17.7 Å². The summed E-state index contributed by atoms with van der Waals surface area (Å²) in [6.07, 6.45) is 1.73. The van der Waals surface area contributed by atoms with E-state index >= 15 is 0 Å². The summed E-state index contributed by atoms with van der Waals surface area (Å²) >= 11 is 1.61. The highest BCUT2D eigenvalue weighted by Gasteiger charge is 2.38. The van der Waals surface area contributed by atoms with Crippen LogP contribution in [0.2, 0.25) is 0 Å². The molecule has 116 valence electrons. The van der Waals surface area contributed by atoms with Crippen molar-refractivity contribution in [3.8, 4) is 0 Å². The van der Waals surface area contributed by atoms with Crippen LogP contribution >= 0.6 is 11.3 Å². The fraction of sp³-hybridized carbons (Fsp3) is 0.600. The minimum absolute atomic E-state index is 0.000596. The molecule has 2 amide bonds. The van der Waals surface area contributed by atoms with Gasteiger partial charge in [-0.15, -0.1) is 11.3 Å². The first-order valence-electron chi connectivity index (χ1n) is 7.35. The Morgan fingerprint density at radius 2 is 2.29 bits per heavy atom. The SMILES string of the molecule is CCN(Cc1cccs1)C(=O)N1CCCC(C)C1C(=O)O. The van der Waals surface area contributed by atoms with Crippen molar-refractivity contribution in [3.05, 3.63) is 22.4 Å².